The molecule has 7 heteroatoms. The summed E-state index contributed by atoms with van der Waals surface area (Å²) in [7, 11) is 3.21. The molecule has 2 aromatic carbocycles. The van der Waals surface area contributed by atoms with Gasteiger partial charge in [0.05, 0.1) is 26.3 Å². The van der Waals surface area contributed by atoms with Gasteiger partial charge < -0.3 is 18.8 Å². The van der Waals surface area contributed by atoms with Gasteiger partial charge in [-0.15, -0.1) is 11.3 Å². The van der Waals surface area contributed by atoms with Crippen molar-refractivity contribution in [2.45, 2.75) is 19.6 Å². The number of aryl methyl sites for hydroxylation is 1. The Hall–Kier alpha value is -3.32. The van der Waals surface area contributed by atoms with Crippen LogP contribution in [0.3, 0.4) is 0 Å². The number of rotatable bonds is 8. The molecule has 4 rings (SSSR count). The summed E-state index contributed by atoms with van der Waals surface area (Å²) in [6.45, 7) is 0.745. The molecular weight excluding hydrogens is 400 g/mol. The maximum atomic E-state index is 12.2. The van der Waals surface area contributed by atoms with Crippen LogP contribution in [-0.2, 0) is 22.7 Å². The lowest BCUT2D eigenvalue weighted by atomic mass is 10.2. The average molecular weight is 423 g/mol. The van der Waals surface area contributed by atoms with Gasteiger partial charge in [-0.2, -0.15) is 0 Å². The van der Waals surface area contributed by atoms with Crippen molar-refractivity contribution in [3.8, 4) is 22.1 Å². The SMILES string of the molecule is COc1ccc(-c2nc(COC(=O)CCn3ccc4ccccc43)cs2)cc1OC. The van der Waals surface area contributed by atoms with E-state index in [4.69, 9.17) is 14.2 Å². The molecule has 0 saturated heterocycles. The first-order valence-electron chi connectivity index (χ1n) is 9.54. The van der Waals surface area contributed by atoms with Crippen LogP contribution >= 0.6 is 11.3 Å². The molecule has 0 saturated carbocycles. The second kappa shape index (κ2) is 9.00. The Bertz CT molecular complexity index is 1160. The summed E-state index contributed by atoms with van der Waals surface area (Å²) in [5.41, 5.74) is 2.77. The van der Waals surface area contributed by atoms with Crippen LogP contribution < -0.4 is 9.47 Å². The zero-order valence-corrected chi connectivity index (χ0v) is 17.6. The van der Waals surface area contributed by atoms with Gasteiger partial charge in [0, 0.05) is 29.2 Å². The first-order chi connectivity index (χ1) is 14.7. The smallest absolute Gasteiger partial charge is 0.307 e. The van der Waals surface area contributed by atoms with Crippen LogP contribution in [-0.4, -0.2) is 29.7 Å². The Morgan fingerprint density at radius 3 is 2.73 bits per heavy atom. The van der Waals surface area contributed by atoms with Crippen molar-refractivity contribution in [3.63, 3.8) is 0 Å². The molecule has 2 heterocycles. The topological polar surface area (TPSA) is 62.6 Å². The molecule has 4 aromatic rings. The molecule has 0 fully saturated rings. The van der Waals surface area contributed by atoms with Gasteiger partial charge in [-0.25, -0.2) is 4.98 Å². The maximum Gasteiger partial charge on any atom is 0.307 e. The zero-order valence-electron chi connectivity index (χ0n) is 16.8. The van der Waals surface area contributed by atoms with Gasteiger partial charge in [-0.1, -0.05) is 18.2 Å². The highest BCUT2D eigenvalue weighted by Crippen LogP contribution is 2.33. The van der Waals surface area contributed by atoms with Gasteiger partial charge in [0.1, 0.15) is 11.6 Å². The van der Waals surface area contributed by atoms with Gasteiger partial charge in [0.15, 0.2) is 11.5 Å². The Labute approximate surface area is 178 Å². The van der Waals surface area contributed by atoms with Crippen LogP contribution in [0.15, 0.2) is 60.1 Å². The summed E-state index contributed by atoms with van der Waals surface area (Å²) in [6.07, 6.45) is 2.30. The lowest BCUT2D eigenvalue weighted by Gasteiger charge is -2.08. The Morgan fingerprint density at radius 2 is 1.90 bits per heavy atom. The third-order valence-electron chi connectivity index (χ3n) is 4.80. The molecule has 0 amide bonds. The van der Waals surface area contributed by atoms with E-state index in [-0.39, 0.29) is 12.6 Å². The predicted octanol–water partition coefficient (Wildman–Crippen LogP) is 4.92. The van der Waals surface area contributed by atoms with Crippen molar-refractivity contribution in [2.24, 2.45) is 0 Å². The molecule has 0 unspecified atom stereocenters. The minimum atomic E-state index is -0.242. The fourth-order valence-corrected chi connectivity index (χ4v) is 4.05. The fraction of sp³-hybridized carbons (Fsp3) is 0.217. The van der Waals surface area contributed by atoms with Crippen molar-refractivity contribution in [1.29, 1.82) is 0 Å². The van der Waals surface area contributed by atoms with Gasteiger partial charge in [-0.3, -0.25) is 4.79 Å². The monoisotopic (exact) mass is 422 g/mol. The fourth-order valence-electron chi connectivity index (χ4n) is 3.25. The summed E-state index contributed by atoms with van der Waals surface area (Å²) < 4.78 is 18.1. The summed E-state index contributed by atoms with van der Waals surface area (Å²) >= 11 is 1.50. The minimum absolute atomic E-state index is 0.162. The van der Waals surface area contributed by atoms with E-state index in [1.165, 1.54) is 11.3 Å². The molecule has 0 N–H and O–H groups in total. The van der Waals surface area contributed by atoms with E-state index in [9.17, 15) is 4.79 Å². The molecule has 30 heavy (non-hydrogen) atoms. The largest absolute Gasteiger partial charge is 0.493 e. The summed E-state index contributed by atoms with van der Waals surface area (Å²) in [4.78, 5) is 16.8. The molecule has 2 aromatic heterocycles. The second-order valence-corrected chi connectivity index (χ2v) is 7.55. The molecule has 0 atom stereocenters. The van der Waals surface area contributed by atoms with Crippen molar-refractivity contribution in [1.82, 2.24) is 9.55 Å². The first kappa shape index (κ1) is 20.0. The van der Waals surface area contributed by atoms with Crippen LogP contribution in [0, 0.1) is 0 Å². The maximum absolute atomic E-state index is 12.2. The standard InChI is InChI=1S/C23H22N2O4S/c1-27-20-8-7-17(13-21(20)28-2)23-24-18(15-30-23)14-29-22(26)10-12-25-11-9-16-5-3-4-6-19(16)25/h3-9,11,13,15H,10,12,14H2,1-2H3. The van der Waals surface area contributed by atoms with Crippen molar-refractivity contribution < 1.29 is 19.0 Å². The minimum Gasteiger partial charge on any atom is -0.493 e. The molecule has 6 nitrogen and oxygen atoms in total. The van der Waals surface area contributed by atoms with Gasteiger partial charge >= 0.3 is 5.97 Å². The van der Waals surface area contributed by atoms with Crippen LogP contribution in [0.25, 0.3) is 21.5 Å². The summed E-state index contributed by atoms with van der Waals surface area (Å²) in [6, 6.07) is 15.8. The number of benzene rings is 2. The Morgan fingerprint density at radius 1 is 1.07 bits per heavy atom. The molecule has 0 spiro atoms. The van der Waals surface area contributed by atoms with E-state index >= 15 is 0 Å². The number of carbonyl (C=O) groups excluding carboxylic acids is 1. The van der Waals surface area contributed by atoms with Gasteiger partial charge in [0.2, 0.25) is 0 Å². The molecule has 154 valence electrons. The predicted molar refractivity (Wildman–Crippen MR) is 117 cm³/mol. The number of methoxy groups -OCH3 is 2. The van der Waals surface area contributed by atoms with Crippen LogP contribution in [0.5, 0.6) is 11.5 Å². The number of nitrogens with zero attached hydrogens (tertiary/aromatic N) is 2. The molecule has 0 aliphatic carbocycles. The van der Waals surface area contributed by atoms with Crippen LogP contribution in [0.1, 0.15) is 12.1 Å². The highest BCUT2D eigenvalue weighted by molar-refractivity contribution is 7.13. The number of thiazole rings is 1. The quantitative estimate of drug-likeness (QED) is 0.377. The summed E-state index contributed by atoms with van der Waals surface area (Å²) in [5, 5.41) is 3.90. The highest BCUT2D eigenvalue weighted by atomic mass is 32.1. The normalized spacial score (nSPS) is 10.9. The van der Waals surface area contributed by atoms with E-state index in [1.807, 2.05) is 54.0 Å². The van der Waals surface area contributed by atoms with E-state index in [1.54, 1.807) is 14.2 Å². The molecule has 0 aliphatic rings. The number of esters is 1. The third kappa shape index (κ3) is 4.31. The molecule has 0 bridgehead atoms. The lowest BCUT2D eigenvalue weighted by molar-refractivity contribution is -0.145. The van der Waals surface area contributed by atoms with Crippen LogP contribution in [0.4, 0.5) is 0 Å². The van der Waals surface area contributed by atoms with E-state index in [0.29, 0.717) is 24.5 Å². The van der Waals surface area contributed by atoms with Crippen molar-refractivity contribution in [3.05, 3.63) is 65.8 Å². The van der Waals surface area contributed by atoms with E-state index in [2.05, 4.69) is 15.6 Å². The van der Waals surface area contributed by atoms with E-state index in [0.717, 1.165) is 27.2 Å². The number of carbonyl (C=O) groups is 1. The molecule has 0 radical (unpaired) electrons. The lowest BCUT2D eigenvalue weighted by Crippen LogP contribution is -2.08. The number of ether oxygens (including phenoxy) is 3. The Kier molecular flexibility index (Phi) is 5.99. The van der Waals surface area contributed by atoms with Crippen LogP contribution in [0.2, 0.25) is 0 Å². The highest BCUT2D eigenvalue weighted by Gasteiger charge is 2.11. The number of hydrogen-bond acceptors (Lipinski definition) is 6. The van der Waals surface area contributed by atoms with Crippen molar-refractivity contribution >= 4 is 28.2 Å². The number of hydrogen-bond donors (Lipinski definition) is 0. The van der Waals surface area contributed by atoms with E-state index < -0.39 is 0 Å². The average Bonchev–Trinajstić information content (AvgIpc) is 3.43. The molecule has 0 aliphatic heterocycles. The molecular formula is C23H22N2O4S. The van der Waals surface area contributed by atoms with Gasteiger partial charge in [-0.05, 0) is 35.7 Å². The zero-order chi connectivity index (χ0) is 20.9. The number of para-hydroxylation sites is 1. The van der Waals surface area contributed by atoms with Crippen molar-refractivity contribution in [2.75, 3.05) is 14.2 Å². The first-order valence-corrected chi connectivity index (χ1v) is 10.4. The number of aromatic nitrogens is 2. The van der Waals surface area contributed by atoms with Gasteiger partial charge in [0.25, 0.3) is 0 Å². The second-order valence-electron chi connectivity index (χ2n) is 6.69. The number of fused-ring (bicyclic) bond motifs is 1. The Balaban J connectivity index is 1.33. The third-order valence-corrected chi connectivity index (χ3v) is 5.74. The summed E-state index contributed by atoms with van der Waals surface area (Å²) in [5.74, 6) is 1.08.